The summed E-state index contributed by atoms with van der Waals surface area (Å²) in [4.78, 5) is 29.0. The van der Waals surface area contributed by atoms with Gasteiger partial charge in [-0.2, -0.15) is 0 Å². The van der Waals surface area contributed by atoms with Crippen LogP contribution in [0.15, 0.2) is 78.9 Å². The van der Waals surface area contributed by atoms with Crippen LogP contribution >= 0.6 is 0 Å². The molecular weight excluding hydrogens is 514 g/mol. The Morgan fingerprint density at radius 3 is 2.26 bits per heavy atom. The van der Waals surface area contributed by atoms with E-state index in [2.05, 4.69) is 5.32 Å². The van der Waals surface area contributed by atoms with Gasteiger partial charge in [-0.05, 0) is 36.6 Å². The number of amides is 2. The van der Waals surface area contributed by atoms with Crippen LogP contribution in [0.2, 0.25) is 0 Å². The maximum atomic E-state index is 14.0. The van der Waals surface area contributed by atoms with Crippen LogP contribution in [0.5, 0.6) is 5.75 Å². The SMILES string of the molecule is CCCNC(=O)[C@@H](Cc1ccccc1)N(Cc1ccc(C)cc1)C(=O)CN(c1cccc(OC)c1)S(C)(=O)=O. The summed E-state index contributed by atoms with van der Waals surface area (Å²) in [5.41, 5.74) is 3.10. The molecule has 0 spiro atoms. The molecule has 0 aliphatic carbocycles. The van der Waals surface area contributed by atoms with Gasteiger partial charge < -0.3 is 15.0 Å². The van der Waals surface area contributed by atoms with E-state index in [4.69, 9.17) is 4.74 Å². The van der Waals surface area contributed by atoms with Gasteiger partial charge in [0, 0.05) is 25.6 Å². The fourth-order valence-corrected chi connectivity index (χ4v) is 5.03. The van der Waals surface area contributed by atoms with Gasteiger partial charge in [0.05, 0.1) is 19.1 Å². The normalized spacial score (nSPS) is 11.9. The number of hydrogen-bond acceptors (Lipinski definition) is 5. The monoisotopic (exact) mass is 551 g/mol. The molecule has 208 valence electrons. The van der Waals surface area contributed by atoms with E-state index in [1.807, 2.05) is 68.4 Å². The molecule has 1 N–H and O–H groups in total. The lowest BCUT2D eigenvalue weighted by Crippen LogP contribution is -2.53. The number of hydrogen-bond donors (Lipinski definition) is 1. The minimum absolute atomic E-state index is 0.145. The molecule has 0 aliphatic heterocycles. The van der Waals surface area contributed by atoms with E-state index in [0.29, 0.717) is 18.0 Å². The molecule has 0 unspecified atom stereocenters. The Bertz CT molecular complexity index is 1340. The molecule has 0 saturated heterocycles. The van der Waals surface area contributed by atoms with Gasteiger partial charge in [-0.25, -0.2) is 8.42 Å². The highest BCUT2D eigenvalue weighted by molar-refractivity contribution is 7.92. The number of aryl methyl sites for hydroxylation is 1. The zero-order valence-electron chi connectivity index (χ0n) is 23.0. The lowest BCUT2D eigenvalue weighted by atomic mass is 10.0. The lowest BCUT2D eigenvalue weighted by Gasteiger charge is -2.33. The summed E-state index contributed by atoms with van der Waals surface area (Å²) < 4.78 is 32.0. The van der Waals surface area contributed by atoms with Crippen molar-refractivity contribution in [1.29, 1.82) is 0 Å². The number of anilines is 1. The van der Waals surface area contributed by atoms with Gasteiger partial charge in [-0.3, -0.25) is 13.9 Å². The average molecular weight is 552 g/mol. The fraction of sp³-hybridized carbons (Fsp3) is 0.333. The van der Waals surface area contributed by atoms with Crippen LogP contribution in [0, 0.1) is 6.92 Å². The number of methoxy groups -OCH3 is 1. The average Bonchev–Trinajstić information content (AvgIpc) is 2.93. The van der Waals surface area contributed by atoms with E-state index in [9.17, 15) is 18.0 Å². The highest BCUT2D eigenvalue weighted by Gasteiger charge is 2.33. The Balaban J connectivity index is 2.04. The number of carbonyl (C=O) groups is 2. The van der Waals surface area contributed by atoms with Gasteiger partial charge in [-0.1, -0.05) is 73.2 Å². The molecule has 3 aromatic rings. The standard InChI is InChI=1S/C30H37N3O5S/c1-5-18-31-30(35)28(19-24-10-7-6-8-11-24)32(21-25-16-14-23(2)15-17-25)29(34)22-33(39(4,36)37)26-12-9-13-27(20-26)38-3/h6-17,20,28H,5,18-19,21-22H2,1-4H3,(H,31,35)/t28-/m1/s1. The van der Waals surface area contributed by atoms with E-state index < -0.39 is 28.5 Å². The van der Waals surface area contributed by atoms with Crippen molar-refractivity contribution in [3.8, 4) is 5.75 Å². The minimum atomic E-state index is -3.84. The number of nitrogens with one attached hydrogen (secondary N) is 1. The molecule has 0 heterocycles. The first kappa shape index (κ1) is 29.7. The fourth-order valence-electron chi connectivity index (χ4n) is 4.19. The van der Waals surface area contributed by atoms with Crippen LogP contribution in [0.1, 0.15) is 30.0 Å². The molecule has 0 aliphatic rings. The number of nitrogens with zero attached hydrogens (tertiary/aromatic N) is 2. The molecule has 2 amide bonds. The van der Waals surface area contributed by atoms with Crippen molar-refractivity contribution < 1.29 is 22.7 Å². The van der Waals surface area contributed by atoms with Crippen molar-refractivity contribution >= 4 is 27.5 Å². The van der Waals surface area contributed by atoms with Crippen LogP contribution in [-0.2, 0) is 32.6 Å². The predicted octanol–water partition coefficient (Wildman–Crippen LogP) is 3.94. The first-order valence-corrected chi connectivity index (χ1v) is 14.8. The molecule has 3 aromatic carbocycles. The van der Waals surface area contributed by atoms with E-state index in [-0.39, 0.29) is 18.9 Å². The third kappa shape index (κ3) is 8.58. The van der Waals surface area contributed by atoms with Crippen molar-refractivity contribution in [1.82, 2.24) is 10.2 Å². The number of carbonyl (C=O) groups excluding carboxylic acids is 2. The van der Waals surface area contributed by atoms with Crippen molar-refractivity contribution in [2.75, 3.05) is 30.8 Å². The Morgan fingerprint density at radius 2 is 1.64 bits per heavy atom. The molecule has 9 heteroatoms. The second-order valence-corrected chi connectivity index (χ2v) is 11.4. The van der Waals surface area contributed by atoms with Crippen molar-refractivity contribution in [2.24, 2.45) is 0 Å². The summed E-state index contributed by atoms with van der Waals surface area (Å²) in [6.07, 6.45) is 2.08. The second kappa shape index (κ2) is 13.8. The molecule has 0 fully saturated rings. The Hall–Kier alpha value is -3.85. The van der Waals surface area contributed by atoms with Gasteiger partial charge in [0.15, 0.2) is 0 Å². The van der Waals surface area contributed by atoms with Crippen LogP contribution in [0.4, 0.5) is 5.69 Å². The first-order valence-electron chi connectivity index (χ1n) is 12.9. The first-order chi connectivity index (χ1) is 18.6. The topological polar surface area (TPSA) is 96.0 Å². The van der Waals surface area contributed by atoms with Gasteiger partial charge in [0.1, 0.15) is 18.3 Å². The quantitative estimate of drug-likeness (QED) is 0.347. The molecule has 0 radical (unpaired) electrons. The molecule has 39 heavy (non-hydrogen) atoms. The Labute approximate surface area is 231 Å². The summed E-state index contributed by atoms with van der Waals surface area (Å²) >= 11 is 0. The van der Waals surface area contributed by atoms with Crippen LogP contribution in [0.25, 0.3) is 0 Å². The summed E-state index contributed by atoms with van der Waals surface area (Å²) in [7, 11) is -2.35. The number of benzene rings is 3. The third-order valence-electron chi connectivity index (χ3n) is 6.31. The minimum Gasteiger partial charge on any atom is -0.497 e. The molecule has 1 atom stereocenters. The molecule has 3 rings (SSSR count). The van der Waals surface area contributed by atoms with Gasteiger partial charge in [0.2, 0.25) is 21.8 Å². The summed E-state index contributed by atoms with van der Waals surface area (Å²) in [5.74, 6) is -0.309. The lowest BCUT2D eigenvalue weighted by molar-refractivity contribution is -0.140. The second-order valence-electron chi connectivity index (χ2n) is 9.47. The third-order valence-corrected chi connectivity index (χ3v) is 7.45. The molecule has 0 saturated carbocycles. The predicted molar refractivity (Wildman–Crippen MR) is 154 cm³/mol. The molecule has 8 nitrogen and oxygen atoms in total. The maximum absolute atomic E-state index is 14.0. The largest absolute Gasteiger partial charge is 0.497 e. The smallest absolute Gasteiger partial charge is 0.244 e. The Kier molecular flexibility index (Phi) is 10.5. The van der Waals surface area contributed by atoms with E-state index in [1.54, 1.807) is 24.3 Å². The number of sulfonamides is 1. The summed E-state index contributed by atoms with van der Waals surface area (Å²) in [5, 5.41) is 2.93. The van der Waals surface area contributed by atoms with E-state index in [0.717, 1.165) is 33.7 Å². The summed E-state index contributed by atoms with van der Waals surface area (Å²) in [6.45, 7) is 4.08. The molecular formula is C30H37N3O5S. The highest BCUT2D eigenvalue weighted by atomic mass is 32.2. The zero-order chi connectivity index (χ0) is 28.4. The van der Waals surface area contributed by atoms with Crippen molar-refractivity contribution in [3.63, 3.8) is 0 Å². The molecule has 0 bridgehead atoms. The van der Waals surface area contributed by atoms with Gasteiger partial charge in [-0.15, -0.1) is 0 Å². The van der Waals surface area contributed by atoms with Crippen LogP contribution < -0.4 is 14.4 Å². The highest BCUT2D eigenvalue weighted by Crippen LogP contribution is 2.24. The van der Waals surface area contributed by atoms with E-state index in [1.165, 1.54) is 12.0 Å². The van der Waals surface area contributed by atoms with Crippen molar-refractivity contribution in [2.45, 2.75) is 39.3 Å². The van der Waals surface area contributed by atoms with Gasteiger partial charge >= 0.3 is 0 Å². The number of ether oxygens (including phenoxy) is 1. The maximum Gasteiger partial charge on any atom is 0.244 e. The zero-order valence-corrected chi connectivity index (χ0v) is 23.8. The summed E-state index contributed by atoms with van der Waals surface area (Å²) in [6, 6.07) is 22.9. The van der Waals surface area contributed by atoms with Gasteiger partial charge in [0.25, 0.3) is 0 Å². The number of rotatable bonds is 13. The van der Waals surface area contributed by atoms with Crippen molar-refractivity contribution in [3.05, 3.63) is 95.6 Å². The molecule has 0 aromatic heterocycles. The van der Waals surface area contributed by atoms with Crippen LogP contribution in [0.3, 0.4) is 0 Å². The Morgan fingerprint density at radius 1 is 0.949 bits per heavy atom. The van der Waals surface area contributed by atoms with Crippen LogP contribution in [-0.4, -0.2) is 57.6 Å². The van der Waals surface area contributed by atoms with E-state index >= 15 is 0 Å².